The van der Waals surface area contributed by atoms with Crippen molar-refractivity contribution >= 4 is 11.6 Å². The predicted octanol–water partition coefficient (Wildman–Crippen LogP) is 3.15. The van der Waals surface area contributed by atoms with E-state index in [1.165, 1.54) is 11.3 Å². The van der Waals surface area contributed by atoms with Gasteiger partial charge in [-0.05, 0) is 42.6 Å². The van der Waals surface area contributed by atoms with Crippen LogP contribution in [0, 0.1) is 0 Å². The Bertz CT molecular complexity index is 532. The van der Waals surface area contributed by atoms with E-state index >= 15 is 0 Å². The first kappa shape index (κ1) is 13.1. The SMILES string of the molecule is CC(C)c1c(CCN)cnn1-c1cccc(Cl)c1. The van der Waals surface area contributed by atoms with Crippen LogP contribution in [-0.4, -0.2) is 16.3 Å². The fourth-order valence-electron chi connectivity index (χ4n) is 2.17. The molecule has 18 heavy (non-hydrogen) atoms. The summed E-state index contributed by atoms with van der Waals surface area (Å²) in [5.74, 6) is 0.396. The molecule has 0 saturated carbocycles. The molecule has 1 aromatic heterocycles. The summed E-state index contributed by atoms with van der Waals surface area (Å²) >= 11 is 6.03. The van der Waals surface area contributed by atoms with E-state index in [4.69, 9.17) is 17.3 Å². The summed E-state index contributed by atoms with van der Waals surface area (Å²) in [6, 6.07) is 7.74. The Kier molecular flexibility index (Phi) is 4.04. The Balaban J connectivity index is 2.50. The topological polar surface area (TPSA) is 43.8 Å². The second-order valence-electron chi connectivity index (χ2n) is 4.64. The van der Waals surface area contributed by atoms with E-state index in [-0.39, 0.29) is 0 Å². The number of hydrogen-bond donors (Lipinski definition) is 1. The lowest BCUT2D eigenvalue weighted by atomic mass is 10.0. The van der Waals surface area contributed by atoms with Crippen molar-refractivity contribution in [2.24, 2.45) is 5.73 Å². The molecule has 3 nitrogen and oxygen atoms in total. The fraction of sp³-hybridized carbons (Fsp3) is 0.357. The lowest BCUT2D eigenvalue weighted by molar-refractivity contribution is 0.724. The van der Waals surface area contributed by atoms with Gasteiger partial charge in [-0.15, -0.1) is 0 Å². The number of halogens is 1. The third kappa shape index (κ3) is 2.57. The third-order valence-electron chi connectivity index (χ3n) is 2.90. The number of nitrogens with zero attached hydrogens (tertiary/aromatic N) is 2. The lowest BCUT2D eigenvalue weighted by Gasteiger charge is -2.12. The molecule has 96 valence electrons. The molecular weight excluding hydrogens is 246 g/mol. The van der Waals surface area contributed by atoms with Gasteiger partial charge in [-0.1, -0.05) is 31.5 Å². The van der Waals surface area contributed by atoms with Crippen LogP contribution in [0.3, 0.4) is 0 Å². The second-order valence-corrected chi connectivity index (χ2v) is 5.08. The van der Waals surface area contributed by atoms with Crippen molar-refractivity contribution in [3.05, 3.63) is 46.7 Å². The Morgan fingerprint density at radius 2 is 2.17 bits per heavy atom. The van der Waals surface area contributed by atoms with Crippen molar-refractivity contribution in [2.45, 2.75) is 26.2 Å². The summed E-state index contributed by atoms with van der Waals surface area (Å²) in [7, 11) is 0. The van der Waals surface area contributed by atoms with Crippen LogP contribution in [0.4, 0.5) is 0 Å². The minimum Gasteiger partial charge on any atom is -0.330 e. The van der Waals surface area contributed by atoms with Crippen LogP contribution < -0.4 is 5.73 Å². The zero-order valence-electron chi connectivity index (χ0n) is 10.7. The lowest BCUT2D eigenvalue weighted by Crippen LogP contribution is -2.08. The minimum atomic E-state index is 0.396. The number of hydrogen-bond acceptors (Lipinski definition) is 2. The van der Waals surface area contributed by atoms with Crippen molar-refractivity contribution in [3.63, 3.8) is 0 Å². The first-order chi connectivity index (χ1) is 8.63. The largest absolute Gasteiger partial charge is 0.330 e. The maximum absolute atomic E-state index is 6.03. The van der Waals surface area contributed by atoms with Crippen molar-refractivity contribution < 1.29 is 0 Å². The molecule has 2 aromatic rings. The molecule has 0 aliphatic rings. The number of rotatable bonds is 4. The standard InChI is InChI=1S/C14H18ClN3/c1-10(2)14-11(6-7-16)9-17-18(14)13-5-3-4-12(15)8-13/h3-5,8-10H,6-7,16H2,1-2H3. The highest BCUT2D eigenvalue weighted by molar-refractivity contribution is 6.30. The van der Waals surface area contributed by atoms with Gasteiger partial charge < -0.3 is 5.73 Å². The van der Waals surface area contributed by atoms with Crippen LogP contribution >= 0.6 is 11.6 Å². The van der Waals surface area contributed by atoms with E-state index in [0.717, 1.165) is 17.1 Å². The molecule has 1 aromatic carbocycles. The van der Waals surface area contributed by atoms with E-state index in [2.05, 4.69) is 18.9 Å². The van der Waals surface area contributed by atoms with Gasteiger partial charge >= 0.3 is 0 Å². The summed E-state index contributed by atoms with van der Waals surface area (Å²) in [4.78, 5) is 0. The highest BCUT2D eigenvalue weighted by atomic mass is 35.5. The Labute approximate surface area is 113 Å². The Hall–Kier alpha value is -1.32. The molecule has 0 aliphatic heterocycles. The zero-order valence-corrected chi connectivity index (χ0v) is 11.5. The van der Waals surface area contributed by atoms with Crippen molar-refractivity contribution in [1.29, 1.82) is 0 Å². The van der Waals surface area contributed by atoms with Crippen LogP contribution in [0.5, 0.6) is 0 Å². The van der Waals surface area contributed by atoms with Crippen LogP contribution in [-0.2, 0) is 6.42 Å². The third-order valence-corrected chi connectivity index (χ3v) is 3.13. The van der Waals surface area contributed by atoms with E-state index in [1.54, 1.807) is 0 Å². The zero-order chi connectivity index (χ0) is 13.1. The molecule has 4 heteroatoms. The molecule has 2 rings (SSSR count). The number of benzene rings is 1. The maximum Gasteiger partial charge on any atom is 0.0663 e. The summed E-state index contributed by atoms with van der Waals surface area (Å²) in [6.45, 7) is 4.97. The summed E-state index contributed by atoms with van der Waals surface area (Å²) in [6.07, 6.45) is 2.76. The minimum absolute atomic E-state index is 0.396. The summed E-state index contributed by atoms with van der Waals surface area (Å²) in [5.41, 5.74) is 9.06. The van der Waals surface area contributed by atoms with Gasteiger partial charge in [-0.3, -0.25) is 0 Å². The van der Waals surface area contributed by atoms with Crippen LogP contribution in [0.1, 0.15) is 31.0 Å². The van der Waals surface area contributed by atoms with Crippen LogP contribution in [0.15, 0.2) is 30.5 Å². The molecular formula is C14H18ClN3. The van der Waals surface area contributed by atoms with Gasteiger partial charge in [0.05, 0.1) is 17.6 Å². The Morgan fingerprint density at radius 1 is 1.39 bits per heavy atom. The smallest absolute Gasteiger partial charge is 0.0663 e. The van der Waals surface area contributed by atoms with Crippen LogP contribution in [0.2, 0.25) is 5.02 Å². The molecule has 0 saturated heterocycles. The molecule has 0 amide bonds. The van der Waals surface area contributed by atoms with E-state index in [0.29, 0.717) is 12.5 Å². The number of aromatic nitrogens is 2. The highest BCUT2D eigenvalue weighted by Gasteiger charge is 2.14. The first-order valence-corrected chi connectivity index (χ1v) is 6.54. The monoisotopic (exact) mass is 263 g/mol. The second kappa shape index (κ2) is 5.55. The molecule has 0 atom stereocenters. The molecule has 0 fully saturated rings. The maximum atomic E-state index is 6.03. The van der Waals surface area contributed by atoms with Crippen molar-refractivity contribution in [3.8, 4) is 5.69 Å². The van der Waals surface area contributed by atoms with Crippen molar-refractivity contribution in [2.75, 3.05) is 6.54 Å². The van der Waals surface area contributed by atoms with Gasteiger partial charge in [0, 0.05) is 5.02 Å². The predicted molar refractivity (Wildman–Crippen MR) is 75.4 cm³/mol. The van der Waals surface area contributed by atoms with E-state index in [1.807, 2.05) is 35.1 Å². The quantitative estimate of drug-likeness (QED) is 0.921. The van der Waals surface area contributed by atoms with Gasteiger partial charge in [0.25, 0.3) is 0 Å². The molecule has 2 N–H and O–H groups in total. The van der Waals surface area contributed by atoms with Crippen molar-refractivity contribution in [1.82, 2.24) is 9.78 Å². The fourth-order valence-corrected chi connectivity index (χ4v) is 2.35. The Morgan fingerprint density at radius 3 is 2.78 bits per heavy atom. The highest BCUT2D eigenvalue weighted by Crippen LogP contribution is 2.24. The van der Waals surface area contributed by atoms with E-state index < -0.39 is 0 Å². The summed E-state index contributed by atoms with van der Waals surface area (Å²) in [5, 5.41) is 5.19. The molecule has 0 bridgehead atoms. The van der Waals surface area contributed by atoms with E-state index in [9.17, 15) is 0 Å². The van der Waals surface area contributed by atoms with Gasteiger partial charge in [0.1, 0.15) is 0 Å². The average molecular weight is 264 g/mol. The van der Waals surface area contributed by atoms with Gasteiger partial charge in [-0.2, -0.15) is 5.10 Å². The van der Waals surface area contributed by atoms with Gasteiger partial charge in [-0.25, -0.2) is 4.68 Å². The normalized spacial score (nSPS) is 11.2. The molecule has 0 aliphatic carbocycles. The van der Waals surface area contributed by atoms with Gasteiger partial charge in [0.15, 0.2) is 0 Å². The molecule has 0 spiro atoms. The molecule has 0 radical (unpaired) electrons. The summed E-state index contributed by atoms with van der Waals surface area (Å²) < 4.78 is 1.96. The number of nitrogens with two attached hydrogens (primary N) is 1. The van der Waals surface area contributed by atoms with Gasteiger partial charge in [0.2, 0.25) is 0 Å². The molecule has 1 heterocycles. The molecule has 0 unspecified atom stereocenters. The van der Waals surface area contributed by atoms with Crippen LogP contribution in [0.25, 0.3) is 5.69 Å². The average Bonchev–Trinajstić information content (AvgIpc) is 2.73. The first-order valence-electron chi connectivity index (χ1n) is 6.16.